The van der Waals surface area contributed by atoms with Gasteiger partial charge in [-0.1, -0.05) is 32.4 Å². The standard InChI is InChI=1S/C11H17ClN2S/c1-7(2)8(3)15-11-10(12)9(6-13)4-5-14-11/h4-5,7-8H,6,13H2,1-3H3. The molecule has 15 heavy (non-hydrogen) atoms. The van der Waals surface area contributed by atoms with Gasteiger partial charge in [0.15, 0.2) is 0 Å². The molecule has 1 rings (SSSR count). The lowest BCUT2D eigenvalue weighted by Gasteiger charge is -2.15. The zero-order valence-corrected chi connectivity index (χ0v) is 10.9. The lowest BCUT2D eigenvalue weighted by molar-refractivity contribution is 0.641. The average Bonchev–Trinajstić information content (AvgIpc) is 2.21. The third kappa shape index (κ3) is 3.37. The Labute approximate surface area is 101 Å². The second-order valence-corrected chi connectivity index (χ2v) is 5.60. The van der Waals surface area contributed by atoms with Crippen LogP contribution in [0.25, 0.3) is 0 Å². The fourth-order valence-electron chi connectivity index (χ4n) is 1.01. The van der Waals surface area contributed by atoms with Crippen LogP contribution in [0.3, 0.4) is 0 Å². The molecule has 1 aromatic rings. The summed E-state index contributed by atoms with van der Waals surface area (Å²) < 4.78 is 0. The summed E-state index contributed by atoms with van der Waals surface area (Å²) in [6, 6.07) is 1.87. The molecule has 0 saturated heterocycles. The highest BCUT2D eigenvalue weighted by atomic mass is 35.5. The molecular weight excluding hydrogens is 228 g/mol. The van der Waals surface area contributed by atoms with Crippen LogP contribution in [0.1, 0.15) is 26.3 Å². The first-order valence-corrected chi connectivity index (χ1v) is 6.32. The third-order valence-electron chi connectivity index (χ3n) is 2.39. The molecule has 0 aliphatic rings. The maximum Gasteiger partial charge on any atom is 0.115 e. The van der Waals surface area contributed by atoms with Gasteiger partial charge in [-0.3, -0.25) is 0 Å². The van der Waals surface area contributed by atoms with Crippen molar-refractivity contribution in [2.24, 2.45) is 11.7 Å². The van der Waals surface area contributed by atoms with E-state index < -0.39 is 0 Å². The highest BCUT2D eigenvalue weighted by molar-refractivity contribution is 8.00. The monoisotopic (exact) mass is 244 g/mol. The number of rotatable bonds is 4. The van der Waals surface area contributed by atoms with E-state index in [1.165, 1.54) is 0 Å². The van der Waals surface area contributed by atoms with Crippen LogP contribution in [0.4, 0.5) is 0 Å². The van der Waals surface area contributed by atoms with E-state index in [1.807, 2.05) is 6.07 Å². The van der Waals surface area contributed by atoms with Gasteiger partial charge in [-0.2, -0.15) is 0 Å². The number of nitrogens with zero attached hydrogens (tertiary/aromatic N) is 1. The van der Waals surface area contributed by atoms with Crippen LogP contribution in [0.2, 0.25) is 5.02 Å². The van der Waals surface area contributed by atoms with Gasteiger partial charge in [-0.25, -0.2) is 4.98 Å². The van der Waals surface area contributed by atoms with E-state index in [0.717, 1.165) is 10.6 Å². The van der Waals surface area contributed by atoms with Crippen molar-refractivity contribution in [2.75, 3.05) is 0 Å². The van der Waals surface area contributed by atoms with Gasteiger partial charge in [0.2, 0.25) is 0 Å². The van der Waals surface area contributed by atoms with Crippen molar-refractivity contribution >= 4 is 23.4 Å². The molecule has 0 amide bonds. The molecule has 0 aliphatic heterocycles. The molecule has 0 aromatic carbocycles. The number of pyridine rings is 1. The van der Waals surface area contributed by atoms with Crippen LogP contribution in [-0.2, 0) is 6.54 Å². The van der Waals surface area contributed by atoms with Crippen LogP contribution in [0.15, 0.2) is 17.3 Å². The molecule has 1 heterocycles. The van der Waals surface area contributed by atoms with E-state index in [9.17, 15) is 0 Å². The number of halogens is 1. The lowest BCUT2D eigenvalue weighted by Crippen LogP contribution is -2.07. The molecular formula is C11H17ClN2S. The molecule has 0 radical (unpaired) electrons. The van der Waals surface area contributed by atoms with E-state index in [1.54, 1.807) is 18.0 Å². The quantitative estimate of drug-likeness (QED) is 0.826. The summed E-state index contributed by atoms with van der Waals surface area (Å²) in [4.78, 5) is 4.28. The number of thioether (sulfide) groups is 1. The molecule has 1 unspecified atom stereocenters. The van der Waals surface area contributed by atoms with Gasteiger partial charge in [0.25, 0.3) is 0 Å². The van der Waals surface area contributed by atoms with E-state index in [-0.39, 0.29) is 0 Å². The molecule has 0 bridgehead atoms. The third-order valence-corrected chi connectivity index (χ3v) is 4.38. The Hall–Kier alpha value is -0.250. The van der Waals surface area contributed by atoms with E-state index in [0.29, 0.717) is 22.7 Å². The van der Waals surface area contributed by atoms with Gasteiger partial charge in [0, 0.05) is 18.0 Å². The molecule has 4 heteroatoms. The highest BCUT2D eigenvalue weighted by Gasteiger charge is 2.13. The molecule has 1 atom stereocenters. The van der Waals surface area contributed by atoms with E-state index >= 15 is 0 Å². The predicted octanol–water partition coefficient (Wildman–Crippen LogP) is 3.33. The zero-order chi connectivity index (χ0) is 11.4. The fraction of sp³-hybridized carbons (Fsp3) is 0.545. The van der Waals surface area contributed by atoms with Gasteiger partial charge >= 0.3 is 0 Å². The first kappa shape index (κ1) is 12.8. The fourth-order valence-corrected chi connectivity index (χ4v) is 2.32. The summed E-state index contributed by atoms with van der Waals surface area (Å²) in [5.74, 6) is 0.606. The summed E-state index contributed by atoms with van der Waals surface area (Å²) in [6.07, 6.45) is 1.77. The van der Waals surface area contributed by atoms with Crippen molar-refractivity contribution in [1.82, 2.24) is 4.98 Å². The molecule has 0 fully saturated rings. The summed E-state index contributed by atoms with van der Waals surface area (Å²) in [5, 5.41) is 2.10. The number of hydrogen-bond acceptors (Lipinski definition) is 3. The highest BCUT2D eigenvalue weighted by Crippen LogP contribution is 2.32. The van der Waals surface area contributed by atoms with Gasteiger partial charge in [-0.15, -0.1) is 11.8 Å². The Bertz CT molecular complexity index is 328. The minimum absolute atomic E-state index is 0.463. The minimum Gasteiger partial charge on any atom is -0.326 e. The topological polar surface area (TPSA) is 38.9 Å². The van der Waals surface area contributed by atoms with E-state index in [4.69, 9.17) is 17.3 Å². The molecule has 0 spiro atoms. The number of hydrogen-bond donors (Lipinski definition) is 1. The maximum atomic E-state index is 6.19. The maximum absolute atomic E-state index is 6.19. The molecule has 0 aliphatic carbocycles. The molecule has 0 saturated carbocycles. The number of nitrogens with two attached hydrogens (primary N) is 1. The smallest absolute Gasteiger partial charge is 0.115 e. The second-order valence-electron chi connectivity index (χ2n) is 3.86. The Morgan fingerprint density at radius 3 is 2.67 bits per heavy atom. The Balaban J connectivity index is 2.86. The molecule has 2 N–H and O–H groups in total. The summed E-state index contributed by atoms with van der Waals surface area (Å²) in [7, 11) is 0. The summed E-state index contributed by atoms with van der Waals surface area (Å²) >= 11 is 7.90. The second kappa shape index (κ2) is 5.73. The van der Waals surface area contributed by atoms with Crippen molar-refractivity contribution in [1.29, 1.82) is 0 Å². The summed E-state index contributed by atoms with van der Waals surface area (Å²) in [6.45, 7) is 7.03. The average molecular weight is 245 g/mol. The normalized spacial score (nSPS) is 13.2. The first-order chi connectivity index (χ1) is 7.06. The predicted molar refractivity (Wildman–Crippen MR) is 67.3 cm³/mol. The van der Waals surface area contributed by atoms with Crippen LogP contribution in [-0.4, -0.2) is 10.2 Å². The Morgan fingerprint density at radius 1 is 1.47 bits per heavy atom. The van der Waals surface area contributed by atoms with Gasteiger partial charge < -0.3 is 5.73 Å². The van der Waals surface area contributed by atoms with Crippen molar-refractivity contribution in [2.45, 2.75) is 37.6 Å². The van der Waals surface area contributed by atoms with Gasteiger partial charge in [0.05, 0.1) is 5.02 Å². The lowest BCUT2D eigenvalue weighted by atomic mass is 10.2. The molecule has 1 aromatic heterocycles. The zero-order valence-electron chi connectivity index (χ0n) is 9.33. The first-order valence-electron chi connectivity index (χ1n) is 5.06. The van der Waals surface area contributed by atoms with Crippen molar-refractivity contribution in [3.05, 3.63) is 22.8 Å². The van der Waals surface area contributed by atoms with Gasteiger partial charge in [-0.05, 0) is 17.5 Å². The summed E-state index contributed by atoms with van der Waals surface area (Å²) in [5.41, 5.74) is 6.55. The van der Waals surface area contributed by atoms with Crippen LogP contribution in [0.5, 0.6) is 0 Å². The van der Waals surface area contributed by atoms with Crippen LogP contribution >= 0.6 is 23.4 Å². The Morgan fingerprint density at radius 2 is 2.13 bits per heavy atom. The van der Waals surface area contributed by atoms with E-state index in [2.05, 4.69) is 25.8 Å². The Kier molecular flexibility index (Phi) is 4.90. The van der Waals surface area contributed by atoms with Gasteiger partial charge in [0.1, 0.15) is 5.03 Å². The van der Waals surface area contributed by atoms with Crippen LogP contribution < -0.4 is 5.73 Å². The van der Waals surface area contributed by atoms with Crippen LogP contribution in [0, 0.1) is 5.92 Å². The van der Waals surface area contributed by atoms with Crippen molar-refractivity contribution < 1.29 is 0 Å². The largest absolute Gasteiger partial charge is 0.326 e. The molecule has 84 valence electrons. The van der Waals surface area contributed by atoms with Crippen molar-refractivity contribution in [3.63, 3.8) is 0 Å². The SMILES string of the molecule is CC(C)C(C)Sc1nccc(CN)c1Cl. The van der Waals surface area contributed by atoms with Crippen molar-refractivity contribution in [3.8, 4) is 0 Å². The molecule has 2 nitrogen and oxygen atoms in total. The minimum atomic E-state index is 0.463. The number of aromatic nitrogens is 1.